The van der Waals surface area contributed by atoms with Crippen LogP contribution in [0.5, 0.6) is 0 Å². The summed E-state index contributed by atoms with van der Waals surface area (Å²) in [6, 6.07) is 7.95. The van der Waals surface area contributed by atoms with Crippen LogP contribution in [-0.2, 0) is 16.1 Å². The summed E-state index contributed by atoms with van der Waals surface area (Å²) in [6.45, 7) is 2.40. The summed E-state index contributed by atoms with van der Waals surface area (Å²) in [5, 5.41) is 0.821. The first-order valence-corrected chi connectivity index (χ1v) is 6.61. The number of hydrogen-bond acceptors (Lipinski definition) is 5. The predicted molar refractivity (Wildman–Crippen MR) is 74.3 cm³/mol. The molecular weight excluding hydrogens is 262 g/mol. The van der Waals surface area contributed by atoms with E-state index in [1.54, 1.807) is 7.11 Å². The number of aryl methyl sites for hydroxylation is 1. The fraction of sp³-hybridized carbons (Fsp3) is 0.286. The van der Waals surface area contributed by atoms with E-state index in [1.165, 1.54) is 18.4 Å². The molecule has 4 nitrogen and oxygen atoms in total. The second-order valence-electron chi connectivity index (χ2n) is 4.06. The molecule has 0 saturated carbocycles. The Hall–Kier alpha value is -1.72. The monoisotopic (exact) mass is 277 g/mol. The van der Waals surface area contributed by atoms with E-state index < -0.39 is 0 Å². The van der Waals surface area contributed by atoms with Crippen molar-refractivity contribution in [3.8, 4) is 10.6 Å². The number of benzene rings is 1. The number of esters is 1. The Morgan fingerprint density at radius 3 is 2.53 bits per heavy atom. The molecule has 0 amide bonds. The maximum Gasteiger partial charge on any atom is 0.349 e. The highest BCUT2D eigenvalue weighted by molar-refractivity contribution is 7.17. The molecule has 0 spiro atoms. The molecule has 1 aromatic heterocycles. The Bertz CT molecular complexity index is 575. The first kappa shape index (κ1) is 13.7. The molecule has 0 aliphatic heterocycles. The highest BCUT2D eigenvalue weighted by Gasteiger charge is 2.16. The first-order valence-electron chi connectivity index (χ1n) is 5.79. The van der Waals surface area contributed by atoms with Crippen molar-refractivity contribution < 1.29 is 14.3 Å². The van der Waals surface area contributed by atoms with Gasteiger partial charge in [0.15, 0.2) is 0 Å². The molecule has 1 heterocycles. The molecule has 2 rings (SSSR count). The lowest BCUT2D eigenvalue weighted by Gasteiger charge is -2.00. The molecule has 0 bridgehead atoms. The predicted octanol–water partition coefficient (Wildman–Crippen LogP) is 3.05. The molecule has 0 aliphatic carbocycles. The Kier molecular flexibility index (Phi) is 4.29. The number of nitrogens with zero attached hydrogens (tertiary/aromatic N) is 1. The van der Waals surface area contributed by atoms with Gasteiger partial charge in [-0.25, -0.2) is 9.78 Å². The third kappa shape index (κ3) is 3.00. The highest BCUT2D eigenvalue weighted by atomic mass is 32.1. The van der Waals surface area contributed by atoms with Gasteiger partial charge in [0.05, 0.1) is 19.4 Å². The van der Waals surface area contributed by atoms with Gasteiger partial charge in [-0.2, -0.15) is 0 Å². The molecule has 0 atom stereocenters. The summed E-state index contributed by atoms with van der Waals surface area (Å²) in [5.74, 6) is -0.336. The number of aromatic nitrogens is 1. The Morgan fingerprint density at radius 2 is 1.95 bits per heavy atom. The minimum absolute atomic E-state index is 0.336. The van der Waals surface area contributed by atoms with Gasteiger partial charge in [0.2, 0.25) is 0 Å². The van der Waals surface area contributed by atoms with Crippen molar-refractivity contribution in [3.63, 3.8) is 0 Å². The summed E-state index contributed by atoms with van der Waals surface area (Å²) in [4.78, 5) is 16.5. The van der Waals surface area contributed by atoms with Crippen LogP contribution in [-0.4, -0.2) is 25.2 Å². The van der Waals surface area contributed by atoms with E-state index in [0.717, 1.165) is 16.1 Å². The van der Waals surface area contributed by atoms with Gasteiger partial charge in [-0.1, -0.05) is 24.3 Å². The lowest BCUT2D eigenvalue weighted by atomic mass is 10.1. The van der Waals surface area contributed by atoms with E-state index in [4.69, 9.17) is 9.47 Å². The highest BCUT2D eigenvalue weighted by Crippen LogP contribution is 2.28. The first-order chi connectivity index (χ1) is 9.15. The lowest BCUT2D eigenvalue weighted by Crippen LogP contribution is -1.99. The summed E-state index contributed by atoms with van der Waals surface area (Å²) >= 11 is 1.35. The van der Waals surface area contributed by atoms with Crippen LogP contribution in [0, 0.1) is 6.92 Å². The van der Waals surface area contributed by atoms with Gasteiger partial charge in [0, 0.05) is 12.7 Å². The molecule has 0 aliphatic rings. The summed E-state index contributed by atoms with van der Waals surface area (Å²) in [6.07, 6.45) is 0. The van der Waals surface area contributed by atoms with Crippen molar-refractivity contribution in [2.75, 3.05) is 14.2 Å². The summed E-state index contributed by atoms with van der Waals surface area (Å²) in [7, 11) is 3.04. The van der Waals surface area contributed by atoms with Crippen LogP contribution in [0.4, 0.5) is 0 Å². The van der Waals surface area contributed by atoms with E-state index >= 15 is 0 Å². The molecule has 19 heavy (non-hydrogen) atoms. The van der Waals surface area contributed by atoms with Crippen LogP contribution >= 0.6 is 11.3 Å². The van der Waals surface area contributed by atoms with Crippen molar-refractivity contribution in [3.05, 3.63) is 40.4 Å². The van der Waals surface area contributed by atoms with Crippen LogP contribution in [0.2, 0.25) is 0 Å². The Balaban J connectivity index is 2.29. The topological polar surface area (TPSA) is 48.4 Å². The number of hydrogen-bond donors (Lipinski definition) is 0. The second-order valence-corrected chi connectivity index (χ2v) is 5.05. The average Bonchev–Trinajstić information content (AvgIpc) is 2.81. The maximum atomic E-state index is 11.5. The normalized spacial score (nSPS) is 10.5. The summed E-state index contributed by atoms with van der Waals surface area (Å²) in [5.41, 5.74) is 2.80. The van der Waals surface area contributed by atoms with E-state index in [2.05, 4.69) is 4.98 Å². The molecule has 5 heteroatoms. The van der Waals surface area contributed by atoms with Gasteiger partial charge in [-0.15, -0.1) is 11.3 Å². The van der Waals surface area contributed by atoms with E-state index in [0.29, 0.717) is 17.2 Å². The third-order valence-corrected chi connectivity index (χ3v) is 3.87. The SMILES string of the molecule is COCc1ccc(-c2nc(C)c(C(=O)OC)s2)cc1. The molecule has 0 fully saturated rings. The van der Waals surface area contributed by atoms with E-state index in [9.17, 15) is 4.79 Å². The fourth-order valence-electron chi connectivity index (χ4n) is 1.71. The third-order valence-electron chi connectivity index (χ3n) is 2.68. The zero-order valence-corrected chi connectivity index (χ0v) is 11.9. The minimum Gasteiger partial charge on any atom is -0.465 e. The second kappa shape index (κ2) is 5.95. The van der Waals surface area contributed by atoms with Gasteiger partial charge >= 0.3 is 5.97 Å². The van der Waals surface area contributed by atoms with Crippen molar-refractivity contribution in [1.82, 2.24) is 4.98 Å². The van der Waals surface area contributed by atoms with Crippen molar-refractivity contribution in [2.24, 2.45) is 0 Å². The van der Waals surface area contributed by atoms with Gasteiger partial charge in [0.25, 0.3) is 0 Å². The van der Waals surface area contributed by atoms with Crippen molar-refractivity contribution in [2.45, 2.75) is 13.5 Å². The molecule has 0 saturated heterocycles. The van der Waals surface area contributed by atoms with E-state index in [1.807, 2.05) is 31.2 Å². The largest absolute Gasteiger partial charge is 0.465 e. The number of carbonyl (C=O) groups excluding carboxylic acids is 1. The van der Waals surface area contributed by atoms with Crippen LogP contribution < -0.4 is 0 Å². The Labute approximate surface area is 116 Å². The quantitative estimate of drug-likeness (QED) is 0.806. The number of methoxy groups -OCH3 is 2. The number of rotatable bonds is 4. The molecule has 100 valence electrons. The zero-order valence-electron chi connectivity index (χ0n) is 11.1. The fourth-order valence-corrected chi connectivity index (χ4v) is 2.70. The Morgan fingerprint density at radius 1 is 1.26 bits per heavy atom. The average molecular weight is 277 g/mol. The minimum atomic E-state index is -0.336. The van der Waals surface area contributed by atoms with Crippen LogP contribution in [0.1, 0.15) is 20.9 Å². The van der Waals surface area contributed by atoms with Crippen LogP contribution in [0.15, 0.2) is 24.3 Å². The lowest BCUT2D eigenvalue weighted by molar-refractivity contribution is 0.0605. The standard InChI is InChI=1S/C14H15NO3S/c1-9-12(14(16)18-3)19-13(15-9)11-6-4-10(5-7-11)8-17-2/h4-7H,8H2,1-3H3. The summed E-state index contributed by atoms with van der Waals surface area (Å²) < 4.78 is 9.80. The van der Waals surface area contributed by atoms with Gasteiger partial charge < -0.3 is 9.47 Å². The van der Waals surface area contributed by atoms with Crippen LogP contribution in [0.25, 0.3) is 10.6 Å². The van der Waals surface area contributed by atoms with E-state index in [-0.39, 0.29) is 5.97 Å². The van der Waals surface area contributed by atoms with Crippen molar-refractivity contribution in [1.29, 1.82) is 0 Å². The zero-order chi connectivity index (χ0) is 13.8. The molecule has 1 aromatic carbocycles. The van der Waals surface area contributed by atoms with Gasteiger partial charge in [-0.3, -0.25) is 0 Å². The molecular formula is C14H15NO3S. The number of ether oxygens (including phenoxy) is 2. The molecule has 0 radical (unpaired) electrons. The smallest absolute Gasteiger partial charge is 0.349 e. The van der Waals surface area contributed by atoms with Crippen molar-refractivity contribution >= 4 is 17.3 Å². The van der Waals surface area contributed by atoms with Gasteiger partial charge in [-0.05, 0) is 12.5 Å². The number of thiazole rings is 1. The van der Waals surface area contributed by atoms with Gasteiger partial charge in [0.1, 0.15) is 9.88 Å². The molecule has 0 unspecified atom stereocenters. The number of carbonyl (C=O) groups is 1. The van der Waals surface area contributed by atoms with Crippen LogP contribution in [0.3, 0.4) is 0 Å². The molecule has 2 aromatic rings. The molecule has 0 N–H and O–H groups in total. The maximum absolute atomic E-state index is 11.5.